The maximum atomic E-state index is 11.9. The van der Waals surface area contributed by atoms with Crippen LogP contribution in [0.3, 0.4) is 0 Å². The van der Waals surface area contributed by atoms with E-state index < -0.39 is 5.91 Å². The molecule has 0 aliphatic heterocycles. The molecule has 27 heavy (non-hydrogen) atoms. The number of esters is 1. The summed E-state index contributed by atoms with van der Waals surface area (Å²) in [7, 11) is 0. The van der Waals surface area contributed by atoms with E-state index in [2.05, 4.69) is 10.5 Å². The number of rotatable bonds is 8. The van der Waals surface area contributed by atoms with Crippen molar-refractivity contribution in [2.75, 3.05) is 18.9 Å². The minimum absolute atomic E-state index is 0.201. The summed E-state index contributed by atoms with van der Waals surface area (Å²) < 4.78 is 10.4. The quantitative estimate of drug-likeness (QED) is 0.322. The monoisotopic (exact) mass is 369 g/mol. The molecule has 0 aromatic heterocycles. The van der Waals surface area contributed by atoms with Crippen molar-refractivity contribution >= 4 is 23.3 Å². The summed E-state index contributed by atoms with van der Waals surface area (Å²) in [5.41, 5.74) is 10.7. The van der Waals surface area contributed by atoms with E-state index in [-0.39, 0.29) is 12.6 Å². The van der Waals surface area contributed by atoms with Gasteiger partial charge < -0.3 is 15.2 Å². The minimum Gasteiger partial charge on any atom is -0.484 e. The Morgan fingerprint density at radius 2 is 1.85 bits per heavy atom. The summed E-state index contributed by atoms with van der Waals surface area (Å²) in [6.07, 6.45) is 0.766. The number of nitrogen functional groups attached to an aromatic ring is 1. The van der Waals surface area contributed by atoms with Crippen molar-refractivity contribution in [3.8, 4) is 5.75 Å². The van der Waals surface area contributed by atoms with Crippen molar-refractivity contribution < 1.29 is 19.1 Å². The second-order valence-corrected chi connectivity index (χ2v) is 5.81. The average molecular weight is 369 g/mol. The molecule has 0 saturated carbocycles. The highest BCUT2D eigenvalue weighted by atomic mass is 16.5. The van der Waals surface area contributed by atoms with Crippen LogP contribution < -0.4 is 15.9 Å². The van der Waals surface area contributed by atoms with Gasteiger partial charge in [0.05, 0.1) is 17.9 Å². The number of hydrogen-bond acceptors (Lipinski definition) is 6. The van der Waals surface area contributed by atoms with E-state index in [4.69, 9.17) is 15.2 Å². The molecule has 142 valence electrons. The van der Waals surface area contributed by atoms with E-state index in [1.807, 2.05) is 19.1 Å². The van der Waals surface area contributed by atoms with Crippen LogP contribution >= 0.6 is 0 Å². The van der Waals surface area contributed by atoms with E-state index in [0.717, 1.165) is 12.0 Å². The molecule has 0 radical (unpaired) electrons. The Kier molecular flexibility index (Phi) is 7.37. The molecule has 0 heterocycles. The molecular weight excluding hydrogens is 346 g/mol. The SMILES string of the molecule is CCCOC(=O)c1ccc(OCC(=O)NN=C(C)c2cccc(N)c2)cc1. The number of nitrogens with zero attached hydrogens (tertiary/aromatic N) is 1. The fourth-order valence-corrected chi connectivity index (χ4v) is 2.12. The van der Waals surface area contributed by atoms with Crippen LogP contribution in [0.25, 0.3) is 0 Å². The molecule has 3 N–H and O–H groups in total. The van der Waals surface area contributed by atoms with Crippen LogP contribution in [-0.4, -0.2) is 30.8 Å². The number of nitrogens with two attached hydrogens (primary N) is 1. The average Bonchev–Trinajstić information content (AvgIpc) is 2.69. The van der Waals surface area contributed by atoms with Gasteiger partial charge in [0.1, 0.15) is 5.75 Å². The molecule has 2 aromatic carbocycles. The maximum Gasteiger partial charge on any atom is 0.338 e. The van der Waals surface area contributed by atoms with Crippen molar-refractivity contribution in [2.45, 2.75) is 20.3 Å². The third-order valence-corrected chi connectivity index (χ3v) is 3.55. The van der Waals surface area contributed by atoms with Gasteiger partial charge in [-0.25, -0.2) is 10.2 Å². The van der Waals surface area contributed by atoms with Crippen LogP contribution in [0.2, 0.25) is 0 Å². The number of hydrogen-bond donors (Lipinski definition) is 2. The molecule has 2 aromatic rings. The van der Waals surface area contributed by atoms with Crippen molar-refractivity contribution in [1.29, 1.82) is 0 Å². The Hall–Kier alpha value is -3.35. The molecule has 2 rings (SSSR count). The molecule has 0 atom stereocenters. The Morgan fingerprint density at radius 3 is 2.52 bits per heavy atom. The second kappa shape index (κ2) is 9.96. The lowest BCUT2D eigenvalue weighted by atomic mass is 10.1. The molecule has 7 nitrogen and oxygen atoms in total. The molecule has 0 aliphatic rings. The van der Waals surface area contributed by atoms with Gasteiger partial charge in [-0.3, -0.25) is 4.79 Å². The van der Waals surface area contributed by atoms with E-state index >= 15 is 0 Å². The first-order valence-electron chi connectivity index (χ1n) is 8.58. The highest BCUT2D eigenvalue weighted by Crippen LogP contribution is 2.13. The zero-order chi connectivity index (χ0) is 19.6. The number of carbonyl (C=O) groups is 2. The van der Waals surface area contributed by atoms with Crippen molar-refractivity contribution in [3.63, 3.8) is 0 Å². The molecule has 0 spiro atoms. The zero-order valence-corrected chi connectivity index (χ0v) is 15.4. The first-order chi connectivity index (χ1) is 13.0. The van der Waals surface area contributed by atoms with Crippen LogP contribution in [0.15, 0.2) is 53.6 Å². The third-order valence-electron chi connectivity index (χ3n) is 3.55. The van der Waals surface area contributed by atoms with Crippen LogP contribution in [0, 0.1) is 0 Å². The number of carbonyl (C=O) groups excluding carboxylic acids is 2. The summed E-state index contributed by atoms with van der Waals surface area (Å²) in [5.74, 6) is -0.314. The van der Waals surface area contributed by atoms with Crippen molar-refractivity contribution in [1.82, 2.24) is 5.43 Å². The van der Waals surface area contributed by atoms with Gasteiger partial charge in [0.25, 0.3) is 5.91 Å². The first-order valence-corrected chi connectivity index (χ1v) is 8.58. The summed E-state index contributed by atoms with van der Waals surface area (Å²) in [6, 6.07) is 13.6. The highest BCUT2D eigenvalue weighted by molar-refractivity contribution is 5.99. The van der Waals surface area contributed by atoms with Crippen LogP contribution in [-0.2, 0) is 9.53 Å². The lowest BCUT2D eigenvalue weighted by molar-refractivity contribution is -0.123. The van der Waals surface area contributed by atoms with Gasteiger partial charge >= 0.3 is 5.97 Å². The Balaban J connectivity index is 1.83. The molecule has 0 aliphatic carbocycles. The van der Waals surface area contributed by atoms with Crippen LogP contribution in [0.4, 0.5) is 5.69 Å². The topological polar surface area (TPSA) is 103 Å². The lowest BCUT2D eigenvalue weighted by Crippen LogP contribution is -2.25. The molecule has 7 heteroatoms. The number of ether oxygens (including phenoxy) is 2. The largest absolute Gasteiger partial charge is 0.484 e. The van der Waals surface area contributed by atoms with E-state index in [1.54, 1.807) is 43.3 Å². The van der Waals surface area contributed by atoms with Gasteiger partial charge in [0, 0.05) is 5.69 Å². The fourth-order valence-electron chi connectivity index (χ4n) is 2.12. The van der Waals surface area contributed by atoms with Gasteiger partial charge in [-0.1, -0.05) is 19.1 Å². The molecular formula is C20H23N3O4. The summed E-state index contributed by atoms with van der Waals surface area (Å²) in [6.45, 7) is 3.88. The minimum atomic E-state index is -0.398. The van der Waals surface area contributed by atoms with Crippen molar-refractivity contribution in [2.24, 2.45) is 5.10 Å². The highest BCUT2D eigenvalue weighted by Gasteiger charge is 2.08. The van der Waals surface area contributed by atoms with Gasteiger partial charge in [-0.15, -0.1) is 0 Å². The number of hydrazone groups is 1. The number of amides is 1. The Labute approximate surface area is 158 Å². The van der Waals surface area contributed by atoms with Gasteiger partial charge in [0.2, 0.25) is 0 Å². The molecule has 1 amide bonds. The lowest BCUT2D eigenvalue weighted by Gasteiger charge is -2.07. The normalized spacial score (nSPS) is 11.0. The van der Waals surface area contributed by atoms with E-state index in [9.17, 15) is 9.59 Å². The predicted octanol–water partition coefficient (Wildman–Crippen LogP) is 2.75. The van der Waals surface area contributed by atoms with Gasteiger partial charge in [-0.2, -0.15) is 5.10 Å². The fraction of sp³-hybridized carbons (Fsp3) is 0.250. The molecule has 0 fully saturated rings. The second-order valence-electron chi connectivity index (χ2n) is 5.81. The Morgan fingerprint density at radius 1 is 1.11 bits per heavy atom. The summed E-state index contributed by atoms with van der Waals surface area (Å²) >= 11 is 0. The predicted molar refractivity (Wildman–Crippen MR) is 104 cm³/mol. The van der Waals surface area contributed by atoms with Crippen LogP contribution in [0.5, 0.6) is 5.75 Å². The number of nitrogens with one attached hydrogen (secondary N) is 1. The van der Waals surface area contributed by atoms with Gasteiger partial charge in [-0.05, 0) is 55.3 Å². The van der Waals surface area contributed by atoms with E-state index in [1.165, 1.54) is 0 Å². The van der Waals surface area contributed by atoms with Crippen molar-refractivity contribution in [3.05, 3.63) is 59.7 Å². The standard InChI is InChI=1S/C20H23N3O4/c1-3-11-26-20(25)15-7-9-18(10-8-15)27-13-19(24)23-22-14(2)16-5-4-6-17(21)12-16/h4-10,12H,3,11,13,21H2,1-2H3,(H,23,24). The molecule has 0 unspecified atom stereocenters. The zero-order valence-electron chi connectivity index (χ0n) is 15.4. The number of anilines is 1. The maximum absolute atomic E-state index is 11.9. The Bertz CT molecular complexity index is 816. The third kappa shape index (κ3) is 6.47. The van der Waals surface area contributed by atoms with Crippen LogP contribution in [0.1, 0.15) is 36.2 Å². The molecule has 0 bridgehead atoms. The number of benzene rings is 2. The molecule has 0 saturated heterocycles. The summed E-state index contributed by atoms with van der Waals surface area (Å²) in [4.78, 5) is 23.6. The smallest absolute Gasteiger partial charge is 0.338 e. The van der Waals surface area contributed by atoms with E-state index in [0.29, 0.717) is 29.3 Å². The van der Waals surface area contributed by atoms with Gasteiger partial charge in [0.15, 0.2) is 6.61 Å². The first kappa shape index (κ1) is 20.0. The summed E-state index contributed by atoms with van der Waals surface area (Å²) in [5, 5.41) is 4.03.